The Labute approximate surface area is 116 Å². The number of carbonyl (C=O) groups excluding carboxylic acids is 1. The maximum atomic E-state index is 12.0. The molecule has 0 saturated carbocycles. The summed E-state index contributed by atoms with van der Waals surface area (Å²) in [5.41, 5.74) is 0.251. The Morgan fingerprint density at radius 1 is 1.21 bits per heavy atom. The Hall–Kier alpha value is -1.35. The molecule has 1 aromatic rings. The van der Waals surface area contributed by atoms with E-state index >= 15 is 0 Å². The Morgan fingerprint density at radius 2 is 1.79 bits per heavy atom. The third-order valence-corrected chi connectivity index (χ3v) is 3.48. The van der Waals surface area contributed by atoms with Gasteiger partial charge in [0.25, 0.3) is 0 Å². The topological polar surface area (TPSA) is 38.3 Å². The van der Waals surface area contributed by atoms with Crippen molar-refractivity contribution in [1.82, 2.24) is 5.32 Å². The zero-order chi connectivity index (χ0) is 14.5. The van der Waals surface area contributed by atoms with Crippen LogP contribution < -0.4 is 5.32 Å². The highest BCUT2D eigenvalue weighted by Gasteiger charge is 2.32. The molecule has 0 saturated heterocycles. The minimum Gasteiger partial charge on any atom is -0.372 e. The molecule has 0 aliphatic carbocycles. The van der Waals surface area contributed by atoms with Gasteiger partial charge in [-0.1, -0.05) is 58.0 Å². The summed E-state index contributed by atoms with van der Waals surface area (Å²) in [5, 5.41) is 3.00. The average Bonchev–Trinajstić information content (AvgIpc) is 2.40. The third kappa shape index (κ3) is 3.80. The van der Waals surface area contributed by atoms with Gasteiger partial charge >= 0.3 is 0 Å². The van der Waals surface area contributed by atoms with E-state index in [9.17, 15) is 4.79 Å². The van der Waals surface area contributed by atoms with E-state index in [-0.39, 0.29) is 11.3 Å². The lowest BCUT2D eigenvalue weighted by molar-refractivity contribution is -0.130. The maximum absolute atomic E-state index is 12.0. The van der Waals surface area contributed by atoms with Crippen LogP contribution in [0.4, 0.5) is 0 Å². The number of amides is 1. The van der Waals surface area contributed by atoms with Gasteiger partial charge in [0.05, 0.1) is 6.54 Å². The zero-order valence-electron chi connectivity index (χ0n) is 12.6. The van der Waals surface area contributed by atoms with Crippen molar-refractivity contribution in [1.29, 1.82) is 0 Å². The molecular formula is C16H25NO2. The molecule has 1 unspecified atom stereocenters. The van der Waals surface area contributed by atoms with Crippen molar-refractivity contribution in [2.24, 2.45) is 5.41 Å². The van der Waals surface area contributed by atoms with E-state index in [1.807, 2.05) is 51.1 Å². The van der Waals surface area contributed by atoms with Crippen molar-refractivity contribution < 1.29 is 9.53 Å². The largest absolute Gasteiger partial charge is 0.372 e. The zero-order valence-corrected chi connectivity index (χ0v) is 12.6. The van der Waals surface area contributed by atoms with Crippen molar-refractivity contribution >= 4 is 5.91 Å². The van der Waals surface area contributed by atoms with Gasteiger partial charge in [0.2, 0.25) is 5.91 Å². The summed E-state index contributed by atoms with van der Waals surface area (Å²) in [7, 11) is 1.69. The Bertz CT molecular complexity index is 403. The first-order chi connectivity index (χ1) is 8.85. The van der Waals surface area contributed by atoms with Crippen molar-refractivity contribution in [3.8, 4) is 0 Å². The first kappa shape index (κ1) is 15.7. The predicted molar refractivity (Wildman–Crippen MR) is 77.9 cm³/mol. The van der Waals surface area contributed by atoms with Crippen molar-refractivity contribution in [3.05, 3.63) is 35.9 Å². The fourth-order valence-electron chi connectivity index (χ4n) is 2.00. The molecule has 1 atom stereocenters. The van der Waals surface area contributed by atoms with Gasteiger partial charge in [-0.25, -0.2) is 0 Å². The summed E-state index contributed by atoms with van der Waals surface area (Å²) >= 11 is 0. The molecule has 0 radical (unpaired) electrons. The van der Waals surface area contributed by atoms with Crippen LogP contribution in [0.25, 0.3) is 0 Å². The standard InChI is InChI=1S/C16H25NO2/c1-6-16(19-5,13-10-8-7-9-11-13)12-17-14(18)15(2,3)4/h7-11H,6,12H2,1-5H3,(H,17,18). The van der Waals surface area contributed by atoms with Gasteiger partial charge in [-0.2, -0.15) is 0 Å². The Morgan fingerprint density at radius 3 is 2.21 bits per heavy atom. The molecule has 0 bridgehead atoms. The molecule has 19 heavy (non-hydrogen) atoms. The van der Waals surface area contributed by atoms with Gasteiger partial charge in [-0.3, -0.25) is 4.79 Å². The van der Waals surface area contributed by atoms with Crippen LogP contribution in [0.1, 0.15) is 39.7 Å². The molecule has 0 spiro atoms. The van der Waals surface area contributed by atoms with Gasteiger partial charge in [0, 0.05) is 12.5 Å². The molecule has 106 valence electrons. The van der Waals surface area contributed by atoms with Crippen LogP contribution in [0.5, 0.6) is 0 Å². The minimum absolute atomic E-state index is 0.0401. The average molecular weight is 263 g/mol. The molecule has 0 aromatic heterocycles. The minimum atomic E-state index is -0.456. The number of benzene rings is 1. The quantitative estimate of drug-likeness (QED) is 0.886. The number of nitrogens with one attached hydrogen (secondary N) is 1. The second kappa shape index (κ2) is 6.20. The Balaban J connectivity index is 2.87. The van der Waals surface area contributed by atoms with Gasteiger partial charge in [-0.15, -0.1) is 0 Å². The van der Waals surface area contributed by atoms with Crippen LogP contribution in [0, 0.1) is 5.41 Å². The van der Waals surface area contributed by atoms with E-state index < -0.39 is 5.60 Å². The number of rotatable bonds is 5. The van der Waals surface area contributed by atoms with Crippen LogP contribution in [0.15, 0.2) is 30.3 Å². The second-order valence-electron chi connectivity index (χ2n) is 5.85. The summed E-state index contributed by atoms with van der Waals surface area (Å²) in [6, 6.07) is 10.0. The lowest BCUT2D eigenvalue weighted by atomic mass is 9.89. The lowest BCUT2D eigenvalue weighted by Gasteiger charge is -2.33. The predicted octanol–water partition coefficient (Wildman–Crippen LogP) is 3.10. The highest BCUT2D eigenvalue weighted by Crippen LogP contribution is 2.28. The van der Waals surface area contributed by atoms with E-state index in [0.717, 1.165) is 12.0 Å². The van der Waals surface area contributed by atoms with Crippen molar-refractivity contribution in [3.63, 3.8) is 0 Å². The SMILES string of the molecule is CCC(CNC(=O)C(C)(C)C)(OC)c1ccccc1. The van der Waals surface area contributed by atoms with Gasteiger partial charge in [-0.05, 0) is 12.0 Å². The number of hydrogen-bond donors (Lipinski definition) is 1. The molecule has 1 amide bonds. The normalized spacial score (nSPS) is 14.8. The van der Waals surface area contributed by atoms with E-state index in [1.54, 1.807) is 7.11 Å². The molecule has 1 aromatic carbocycles. The highest BCUT2D eigenvalue weighted by molar-refractivity contribution is 5.81. The van der Waals surface area contributed by atoms with Gasteiger partial charge in [0.1, 0.15) is 5.60 Å². The number of carbonyl (C=O) groups is 1. The van der Waals surface area contributed by atoms with Crippen LogP contribution in [0.3, 0.4) is 0 Å². The summed E-state index contributed by atoms with van der Waals surface area (Å²) in [6.07, 6.45) is 0.804. The first-order valence-corrected chi connectivity index (χ1v) is 6.74. The third-order valence-electron chi connectivity index (χ3n) is 3.48. The summed E-state index contributed by atoms with van der Waals surface area (Å²) in [6.45, 7) is 8.28. The molecule has 1 N–H and O–H groups in total. The fraction of sp³-hybridized carbons (Fsp3) is 0.562. The van der Waals surface area contributed by atoms with Gasteiger partial charge < -0.3 is 10.1 Å². The fourth-order valence-corrected chi connectivity index (χ4v) is 2.00. The van der Waals surface area contributed by atoms with E-state index in [1.165, 1.54) is 0 Å². The van der Waals surface area contributed by atoms with Crippen LogP contribution in [-0.4, -0.2) is 19.6 Å². The molecule has 0 aliphatic heterocycles. The summed E-state index contributed by atoms with van der Waals surface area (Å²) < 4.78 is 5.72. The van der Waals surface area contributed by atoms with Crippen LogP contribution in [0.2, 0.25) is 0 Å². The number of methoxy groups -OCH3 is 1. The van der Waals surface area contributed by atoms with E-state index in [0.29, 0.717) is 6.54 Å². The second-order valence-corrected chi connectivity index (χ2v) is 5.85. The van der Waals surface area contributed by atoms with Crippen LogP contribution >= 0.6 is 0 Å². The number of hydrogen-bond acceptors (Lipinski definition) is 2. The molecule has 3 nitrogen and oxygen atoms in total. The smallest absolute Gasteiger partial charge is 0.225 e. The molecule has 3 heteroatoms. The molecule has 0 aliphatic rings. The molecule has 1 rings (SSSR count). The monoisotopic (exact) mass is 263 g/mol. The summed E-state index contributed by atoms with van der Waals surface area (Å²) in [4.78, 5) is 12.0. The highest BCUT2D eigenvalue weighted by atomic mass is 16.5. The molecular weight excluding hydrogens is 238 g/mol. The first-order valence-electron chi connectivity index (χ1n) is 6.74. The van der Waals surface area contributed by atoms with E-state index in [4.69, 9.17) is 4.74 Å². The lowest BCUT2D eigenvalue weighted by Crippen LogP contribution is -2.45. The molecule has 0 heterocycles. The maximum Gasteiger partial charge on any atom is 0.225 e. The molecule has 0 fully saturated rings. The Kier molecular flexibility index (Phi) is 5.12. The number of ether oxygens (including phenoxy) is 1. The summed E-state index contributed by atoms with van der Waals surface area (Å²) in [5.74, 6) is 0.0401. The van der Waals surface area contributed by atoms with Crippen molar-refractivity contribution in [2.75, 3.05) is 13.7 Å². The van der Waals surface area contributed by atoms with Gasteiger partial charge in [0.15, 0.2) is 0 Å². The van der Waals surface area contributed by atoms with E-state index in [2.05, 4.69) is 12.2 Å². The van der Waals surface area contributed by atoms with Crippen LogP contribution in [-0.2, 0) is 15.1 Å². The van der Waals surface area contributed by atoms with Crippen molar-refractivity contribution in [2.45, 2.75) is 39.7 Å².